The molecule has 6 heteroatoms. The molecule has 5 nitrogen and oxygen atoms in total. The first-order valence-corrected chi connectivity index (χ1v) is 12.1. The highest BCUT2D eigenvalue weighted by Crippen LogP contribution is 2.22. The standard InChI is InChI=1S/C26H27N3O2S/c1-32-23-9-7-19(8-10-23)18-28-25(30)21-12-15-29(16-13-21)26(31)22-11-14-27-24(17-22)20-5-3-2-4-6-20/h2-11,14,17,21H,12-13,15-16,18H2,1H3,(H,28,30). The summed E-state index contributed by atoms with van der Waals surface area (Å²) in [6.45, 7) is 1.70. The lowest BCUT2D eigenvalue weighted by Gasteiger charge is -2.31. The molecule has 0 unspecified atom stereocenters. The molecule has 1 aliphatic rings. The molecular formula is C26H27N3O2S. The number of aromatic nitrogens is 1. The van der Waals surface area contributed by atoms with Gasteiger partial charge in [-0.2, -0.15) is 0 Å². The molecular weight excluding hydrogens is 418 g/mol. The molecule has 1 fully saturated rings. The van der Waals surface area contributed by atoms with Crippen molar-refractivity contribution in [2.24, 2.45) is 5.92 Å². The van der Waals surface area contributed by atoms with Crippen molar-refractivity contribution in [2.45, 2.75) is 24.3 Å². The van der Waals surface area contributed by atoms with Crippen LogP contribution in [0.3, 0.4) is 0 Å². The molecule has 0 aliphatic carbocycles. The number of carbonyl (C=O) groups is 2. The summed E-state index contributed by atoms with van der Waals surface area (Å²) in [5.41, 5.74) is 3.50. The van der Waals surface area contributed by atoms with Crippen LogP contribution in [0.4, 0.5) is 0 Å². The predicted octanol–water partition coefficient (Wildman–Crippen LogP) is 4.64. The molecule has 0 atom stereocenters. The summed E-state index contributed by atoms with van der Waals surface area (Å²) in [5, 5.41) is 3.05. The fourth-order valence-corrected chi connectivity index (χ4v) is 4.34. The lowest BCUT2D eigenvalue weighted by atomic mass is 9.95. The van der Waals surface area contributed by atoms with E-state index in [9.17, 15) is 9.59 Å². The number of benzene rings is 2. The minimum absolute atomic E-state index is 0.00248. The molecule has 0 radical (unpaired) electrons. The molecule has 1 aromatic heterocycles. The summed E-state index contributed by atoms with van der Waals surface area (Å²) in [5.74, 6) is 0.0143. The van der Waals surface area contributed by atoms with Crippen molar-refractivity contribution in [3.63, 3.8) is 0 Å². The van der Waals surface area contributed by atoms with Crippen LogP contribution < -0.4 is 5.32 Å². The number of pyridine rings is 1. The minimum atomic E-state index is -0.0539. The van der Waals surface area contributed by atoms with Crippen LogP contribution in [0.5, 0.6) is 0 Å². The van der Waals surface area contributed by atoms with Gasteiger partial charge in [0.2, 0.25) is 5.91 Å². The molecule has 2 amide bonds. The third kappa shape index (κ3) is 5.37. The Morgan fingerprint density at radius 1 is 1.03 bits per heavy atom. The average molecular weight is 446 g/mol. The molecule has 0 saturated carbocycles. The maximum atomic E-state index is 13.0. The molecule has 32 heavy (non-hydrogen) atoms. The molecule has 1 saturated heterocycles. The monoisotopic (exact) mass is 445 g/mol. The summed E-state index contributed by atoms with van der Waals surface area (Å²) in [6, 6.07) is 21.7. The van der Waals surface area contributed by atoms with E-state index in [1.54, 1.807) is 24.0 Å². The van der Waals surface area contributed by atoms with Gasteiger partial charge in [0.05, 0.1) is 5.69 Å². The number of likely N-dealkylation sites (tertiary alicyclic amines) is 1. The minimum Gasteiger partial charge on any atom is -0.352 e. The van der Waals surface area contributed by atoms with E-state index >= 15 is 0 Å². The SMILES string of the molecule is CSc1ccc(CNC(=O)C2CCN(C(=O)c3ccnc(-c4ccccc4)c3)CC2)cc1. The molecule has 3 aromatic rings. The number of thioether (sulfide) groups is 1. The zero-order valence-corrected chi connectivity index (χ0v) is 19.0. The van der Waals surface area contributed by atoms with Crippen molar-refractivity contribution >= 4 is 23.6 Å². The van der Waals surface area contributed by atoms with Crippen molar-refractivity contribution in [2.75, 3.05) is 19.3 Å². The molecule has 4 rings (SSSR count). The summed E-state index contributed by atoms with van der Waals surface area (Å²) < 4.78 is 0. The van der Waals surface area contributed by atoms with Crippen LogP contribution in [0, 0.1) is 5.92 Å². The van der Waals surface area contributed by atoms with Crippen molar-refractivity contribution in [1.29, 1.82) is 0 Å². The molecule has 1 aliphatic heterocycles. The van der Waals surface area contributed by atoms with E-state index in [0.717, 1.165) is 16.8 Å². The van der Waals surface area contributed by atoms with Gasteiger partial charge in [-0.15, -0.1) is 11.8 Å². The Balaban J connectivity index is 1.30. The molecule has 2 aromatic carbocycles. The average Bonchev–Trinajstić information content (AvgIpc) is 2.88. The van der Waals surface area contributed by atoms with Gasteiger partial charge in [0.1, 0.15) is 0 Å². The number of hydrogen-bond acceptors (Lipinski definition) is 4. The largest absolute Gasteiger partial charge is 0.352 e. The van der Waals surface area contributed by atoms with E-state index in [-0.39, 0.29) is 17.7 Å². The highest BCUT2D eigenvalue weighted by atomic mass is 32.2. The van der Waals surface area contributed by atoms with Gasteiger partial charge in [0, 0.05) is 47.8 Å². The highest BCUT2D eigenvalue weighted by Gasteiger charge is 2.27. The quantitative estimate of drug-likeness (QED) is 0.562. The number of nitrogens with one attached hydrogen (secondary N) is 1. The van der Waals surface area contributed by atoms with E-state index in [2.05, 4.69) is 22.4 Å². The fourth-order valence-electron chi connectivity index (χ4n) is 3.93. The van der Waals surface area contributed by atoms with E-state index in [1.165, 1.54) is 4.90 Å². The van der Waals surface area contributed by atoms with Crippen LogP contribution in [0.1, 0.15) is 28.8 Å². The molecule has 1 N–H and O–H groups in total. The van der Waals surface area contributed by atoms with E-state index < -0.39 is 0 Å². The lowest BCUT2D eigenvalue weighted by molar-refractivity contribution is -0.126. The zero-order valence-electron chi connectivity index (χ0n) is 18.2. The maximum absolute atomic E-state index is 13.0. The Kier molecular flexibility index (Phi) is 7.22. The van der Waals surface area contributed by atoms with Crippen LogP contribution >= 0.6 is 11.8 Å². The Labute approximate surface area is 193 Å². The first-order valence-electron chi connectivity index (χ1n) is 10.9. The normalized spacial score (nSPS) is 14.2. The topological polar surface area (TPSA) is 62.3 Å². The Morgan fingerprint density at radius 3 is 2.44 bits per heavy atom. The summed E-state index contributed by atoms with van der Waals surface area (Å²) in [4.78, 5) is 33.1. The summed E-state index contributed by atoms with van der Waals surface area (Å²) in [7, 11) is 0. The maximum Gasteiger partial charge on any atom is 0.253 e. The van der Waals surface area contributed by atoms with Crippen LogP contribution in [0.15, 0.2) is 77.8 Å². The zero-order chi connectivity index (χ0) is 22.3. The Morgan fingerprint density at radius 2 is 1.75 bits per heavy atom. The van der Waals surface area contributed by atoms with Gasteiger partial charge >= 0.3 is 0 Å². The van der Waals surface area contributed by atoms with Crippen LogP contribution in [0.2, 0.25) is 0 Å². The second-order valence-electron chi connectivity index (χ2n) is 7.93. The highest BCUT2D eigenvalue weighted by molar-refractivity contribution is 7.98. The van der Waals surface area contributed by atoms with Crippen molar-refractivity contribution in [3.8, 4) is 11.3 Å². The second kappa shape index (κ2) is 10.5. The Bertz CT molecular complexity index is 1060. The van der Waals surface area contributed by atoms with Crippen molar-refractivity contribution < 1.29 is 9.59 Å². The third-order valence-electron chi connectivity index (χ3n) is 5.86. The first-order chi connectivity index (χ1) is 15.6. The smallest absolute Gasteiger partial charge is 0.253 e. The summed E-state index contributed by atoms with van der Waals surface area (Å²) >= 11 is 1.70. The van der Waals surface area contributed by atoms with Crippen LogP contribution in [-0.2, 0) is 11.3 Å². The van der Waals surface area contributed by atoms with Crippen molar-refractivity contribution in [1.82, 2.24) is 15.2 Å². The van der Waals surface area contributed by atoms with Crippen LogP contribution in [-0.4, -0.2) is 41.0 Å². The molecule has 164 valence electrons. The molecule has 2 heterocycles. The van der Waals surface area contributed by atoms with Gasteiger partial charge in [-0.25, -0.2) is 0 Å². The fraction of sp³-hybridized carbons (Fsp3) is 0.269. The van der Waals surface area contributed by atoms with Gasteiger partial charge in [0.15, 0.2) is 0 Å². The summed E-state index contributed by atoms with van der Waals surface area (Å²) in [6.07, 6.45) is 5.09. The van der Waals surface area contributed by atoms with E-state index in [1.807, 2.05) is 59.7 Å². The predicted molar refractivity (Wildman–Crippen MR) is 128 cm³/mol. The van der Waals surface area contributed by atoms with Gasteiger partial charge in [0.25, 0.3) is 5.91 Å². The van der Waals surface area contributed by atoms with Gasteiger partial charge in [-0.1, -0.05) is 42.5 Å². The number of amides is 2. The van der Waals surface area contributed by atoms with Gasteiger partial charge in [-0.3, -0.25) is 14.6 Å². The number of rotatable bonds is 6. The first kappa shape index (κ1) is 22.1. The number of hydrogen-bond donors (Lipinski definition) is 1. The van der Waals surface area contributed by atoms with Crippen molar-refractivity contribution in [3.05, 3.63) is 84.1 Å². The molecule has 0 bridgehead atoms. The number of nitrogens with zero attached hydrogens (tertiary/aromatic N) is 2. The van der Waals surface area contributed by atoms with Gasteiger partial charge in [-0.05, 0) is 48.9 Å². The third-order valence-corrected chi connectivity index (χ3v) is 6.60. The van der Waals surface area contributed by atoms with Crippen LogP contribution in [0.25, 0.3) is 11.3 Å². The van der Waals surface area contributed by atoms with Gasteiger partial charge < -0.3 is 10.2 Å². The Hall–Kier alpha value is -3.12. The number of piperidine rings is 1. The second-order valence-corrected chi connectivity index (χ2v) is 8.81. The molecule has 0 spiro atoms. The number of carbonyl (C=O) groups excluding carboxylic acids is 2. The van der Waals surface area contributed by atoms with E-state index in [0.29, 0.717) is 38.0 Å². The van der Waals surface area contributed by atoms with E-state index in [4.69, 9.17) is 0 Å². The lowest BCUT2D eigenvalue weighted by Crippen LogP contribution is -2.42.